The molecule has 0 spiro atoms. The Balaban J connectivity index is 1.71. The summed E-state index contributed by atoms with van der Waals surface area (Å²) in [5.41, 5.74) is 1.24. The molecule has 0 unspecified atom stereocenters. The third-order valence-corrected chi connectivity index (χ3v) is 3.92. The number of nitrogens with one attached hydrogen (secondary N) is 1. The van der Waals surface area contributed by atoms with E-state index in [2.05, 4.69) is 17.4 Å². The van der Waals surface area contributed by atoms with Crippen LogP contribution >= 0.6 is 0 Å². The average Bonchev–Trinajstić information content (AvgIpc) is 2.64. The van der Waals surface area contributed by atoms with Crippen LogP contribution in [0.3, 0.4) is 0 Å². The highest BCUT2D eigenvalue weighted by Crippen LogP contribution is 2.15. The van der Waals surface area contributed by atoms with Gasteiger partial charge < -0.3 is 14.8 Å². The van der Waals surface area contributed by atoms with Gasteiger partial charge in [0.15, 0.2) is 6.10 Å². The Hall–Kier alpha value is -2.49. The van der Waals surface area contributed by atoms with Crippen molar-refractivity contribution in [1.82, 2.24) is 5.32 Å². The van der Waals surface area contributed by atoms with Gasteiger partial charge in [-0.3, -0.25) is 4.79 Å². The predicted molar refractivity (Wildman–Crippen MR) is 105 cm³/mol. The summed E-state index contributed by atoms with van der Waals surface area (Å²) < 4.78 is 11.4. The maximum Gasteiger partial charge on any atom is 0.261 e. The van der Waals surface area contributed by atoms with Crippen LogP contribution in [0.2, 0.25) is 0 Å². The Morgan fingerprint density at radius 1 is 0.962 bits per heavy atom. The lowest BCUT2D eigenvalue weighted by atomic mass is 10.1. The number of ether oxygens (including phenoxy) is 2. The van der Waals surface area contributed by atoms with E-state index in [0.29, 0.717) is 13.0 Å². The summed E-state index contributed by atoms with van der Waals surface area (Å²) in [4.78, 5) is 12.3. The minimum absolute atomic E-state index is 0.0583. The van der Waals surface area contributed by atoms with E-state index >= 15 is 0 Å². The van der Waals surface area contributed by atoms with Crippen LogP contribution in [0.4, 0.5) is 0 Å². The monoisotopic (exact) mass is 355 g/mol. The molecule has 0 aliphatic rings. The number of para-hydroxylation sites is 1. The molecule has 140 valence electrons. The summed E-state index contributed by atoms with van der Waals surface area (Å²) in [6.07, 6.45) is 2.17. The summed E-state index contributed by atoms with van der Waals surface area (Å²) in [5.74, 6) is 1.55. The summed E-state index contributed by atoms with van der Waals surface area (Å²) in [7, 11) is 0. The lowest BCUT2D eigenvalue weighted by molar-refractivity contribution is -0.128. The van der Waals surface area contributed by atoms with Gasteiger partial charge in [0.25, 0.3) is 5.91 Å². The van der Waals surface area contributed by atoms with Crippen LogP contribution in [0, 0.1) is 0 Å². The van der Waals surface area contributed by atoms with Gasteiger partial charge in [-0.25, -0.2) is 0 Å². The number of rotatable bonds is 10. The predicted octanol–water partition coefficient (Wildman–Crippen LogP) is 4.38. The highest BCUT2D eigenvalue weighted by atomic mass is 16.5. The summed E-state index contributed by atoms with van der Waals surface area (Å²) in [6, 6.07) is 17.6. The molecule has 0 aliphatic carbocycles. The largest absolute Gasteiger partial charge is 0.491 e. The zero-order chi connectivity index (χ0) is 18.8. The first-order chi connectivity index (χ1) is 12.6. The van der Waals surface area contributed by atoms with E-state index in [1.807, 2.05) is 63.2 Å². The average molecular weight is 355 g/mol. The summed E-state index contributed by atoms with van der Waals surface area (Å²) in [5, 5.41) is 2.97. The third-order valence-electron chi connectivity index (χ3n) is 3.92. The molecule has 4 heteroatoms. The Morgan fingerprint density at radius 2 is 1.62 bits per heavy atom. The van der Waals surface area contributed by atoms with Crippen molar-refractivity contribution in [3.63, 3.8) is 0 Å². The van der Waals surface area contributed by atoms with Crippen LogP contribution in [0.1, 0.15) is 39.2 Å². The molecule has 26 heavy (non-hydrogen) atoms. The van der Waals surface area contributed by atoms with Crippen molar-refractivity contribution in [2.24, 2.45) is 0 Å². The molecule has 2 aromatic rings. The molecule has 2 aromatic carbocycles. The van der Waals surface area contributed by atoms with Crippen molar-refractivity contribution in [1.29, 1.82) is 0 Å². The highest BCUT2D eigenvalue weighted by Gasteiger charge is 2.17. The molecule has 0 radical (unpaired) electrons. The van der Waals surface area contributed by atoms with Crippen molar-refractivity contribution in [3.05, 3.63) is 60.2 Å². The fraction of sp³-hybridized carbons (Fsp3) is 0.409. The molecule has 1 amide bonds. The van der Waals surface area contributed by atoms with Crippen molar-refractivity contribution < 1.29 is 14.3 Å². The van der Waals surface area contributed by atoms with Crippen molar-refractivity contribution in [2.45, 2.75) is 52.2 Å². The fourth-order valence-electron chi connectivity index (χ4n) is 2.61. The van der Waals surface area contributed by atoms with Crippen LogP contribution in [0.15, 0.2) is 54.6 Å². The van der Waals surface area contributed by atoms with Gasteiger partial charge in [-0.2, -0.15) is 0 Å². The summed E-state index contributed by atoms with van der Waals surface area (Å²) >= 11 is 0. The van der Waals surface area contributed by atoms with Crippen molar-refractivity contribution in [3.8, 4) is 11.5 Å². The number of aryl methyl sites for hydroxylation is 1. The second kappa shape index (κ2) is 10.5. The topological polar surface area (TPSA) is 47.6 Å². The van der Waals surface area contributed by atoms with E-state index in [1.165, 1.54) is 5.56 Å². The Bertz CT molecular complexity index is 653. The Labute approximate surface area is 156 Å². The molecule has 0 bridgehead atoms. The highest BCUT2D eigenvalue weighted by molar-refractivity contribution is 5.81. The molecule has 0 heterocycles. The van der Waals surface area contributed by atoms with E-state index in [0.717, 1.165) is 24.3 Å². The molecule has 0 aliphatic heterocycles. The quantitative estimate of drug-likeness (QED) is 0.643. The van der Waals surface area contributed by atoms with E-state index in [9.17, 15) is 4.79 Å². The molecular formula is C22H29NO3. The maximum absolute atomic E-state index is 12.3. The van der Waals surface area contributed by atoms with Gasteiger partial charge >= 0.3 is 0 Å². The number of carbonyl (C=O) groups is 1. The van der Waals surface area contributed by atoms with Crippen LogP contribution in [0.5, 0.6) is 11.5 Å². The molecule has 0 aromatic heterocycles. The number of amides is 1. The smallest absolute Gasteiger partial charge is 0.261 e. The first kappa shape index (κ1) is 19.8. The standard InChI is InChI=1S/C22H29NO3/c1-4-21(26-19-10-6-5-7-11-19)22(24)23-16-8-9-18-12-14-20(15-13-18)25-17(2)3/h5-7,10-15,17,21H,4,8-9,16H2,1-3H3,(H,23,24)/t21-/m1/s1. The summed E-state index contributed by atoms with van der Waals surface area (Å²) in [6.45, 7) is 6.62. The zero-order valence-corrected chi connectivity index (χ0v) is 15.9. The first-order valence-corrected chi connectivity index (χ1v) is 9.33. The number of hydrogen-bond donors (Lipinski definition) is 1. The maximum atomic E-state index is 12.3. The van der Waals surface area contributed by atoms with Gasteiger partial charge in [-0.1, -0.05) is 37.3 Å². The zero-order valence-electron chi connectivity index (χ0n) is 15.9. The lowest BCUT2D eigenvalue weighted by Gasteiger charge is -2.17. The minimum atomic E-state index is -0.454. The lowest BCUT2D eigenvalue weighted by Crippen LogP contribution is -2.38. The number of hydrogen-bond acceptors (Lipinski definition) is 3. The molecule has 0 fully saturated rings. The van der Waals surface area contributed by atoms with Crippen molar-refractivity contribution >= 4 is 5.91 Å². The first-order valence-electron chi connectivity index (χ1n) is 9.33. The molecule has 2 rings (SSSR count). The Kier molecular flexibility index (Phi) is 8.00. The molecule has 1 atom stereocenters. The number of carbonyl (C=O) groups excluding carboxylic acids is 1. The number of benzene rings is 2. The van der Waals surface area contributed by atoms with Gasteiger partial charge in [0.1, 0.15) is 11.5 Å². The second-order valence-corrected chi connectivity index (χ2v) is 6.53. The third kappa shape index (κ3) is 6.79. The fourth-order valence-corrected chi connectivity index (χ4v) is 2.61. The van der Waals surface area contributed by atoms with E-state index in [4.69, 9.17) is 9.47 Å². The van der Waals surface area contributed by atoms with E-state index < -0.39 is 6.10 Å². The van der Waals surface area contributed by atoms with Gasteiger partial charge in [0, 0.05) is 6.54 Å². The van der Waals surface area contributed by atoms with Gasteiger partial charge in [-0.05, 0) is 62.9 Å². The van der Waals surface area contributed by atoms with E-state index in [-0.39, 0.29) is 12.0 Å². The van der Waals surface area contributed by atoms with Crippen LogP contribution < -0.4 is 14.8 Å². The van der Waals surface area contributed by atoms with E-state index in [1.54, 1.807) is 0 Å². The molecule has 0 saturated carbocycles. The molecular weight excluding hydrogens is 326 g/mol. The molecule has 0 saturated heterocycles. The SMILES string of the molecule is CC[C@@H](Oc1ccccc1)C(=O)NCCCc1ccc(OC(C)C)cc1. The second-order valence-electron chi connectivity index (χ2n) is 6.53. The van der Waals surface area contributed by atoms with Crippen LogP contribution in [0.25, 0.3) is 0 Å². The van der Waals surface area contributed by atoms with Crippen molar-refractivity contribution in [2.75, 3.05) is 6.54 Å². The van der Waals surface area contributed by atoms with Gasteiger partial charge in [0.05, 0.1) is 6.10 Å². The Morgan fingerprint density at radius 3 is 2.23 bits per heavy atom. The van der Waals surface area contributed by atoms with Crippen LogP contribution in [-0.4, -0.2) is 24.7 Å². The van der Waals surface area contributed by atoms with Gasteiger partial charge in [-0.15, -0.1) is 0 Å². The molecule has 4 nitrogen and oxygen atoms in total. The minimum Gasteiger partial charge on any atom is -0.491 e. The van der Waals surface area contributed by atoms with Crippen LogP contribution in [-0.2, 0) is 11.2 Å². The molecule has 1 N–H and O–H groups in total. The van der Waals surface area contributed by atoms with Gasteiger partial charge in [0.2, 0.25) is 0 Å². The normalized spacial score (nSPS) is 11.8.